The molecule has 1 rings (SSSR count). The zero-order chi connectivity index (χ0) is 14.3. The number of nitrogens with one attached hydrogen (secondary N) is 1. The normalized spacial score (nSPS) is 10.5. The predicted molar refractivity (Wildman–Crippen MR) is 70.4 cm³/mol. The molecule has 1 aromatic rings. The van der Waals surface area contributed by atoms with Crippen LogP contribution < -0.4 is 5.32 Å². The molecule has 98 valence electrons. The highest BCUT2D eigenvalue weighted by Crippen LogP contribution is 2.16. The van der Waals surface area contributed by atoms with E-state index in [1.165, 1.54) is 13.1 Å². The predicted octanol–water partition coefficient (Wildman–Crippen LogP) is 2.27. The lowest BCUT2D eigenvalue weighted by Gasteiger charge is -2.06. The maximum absolute atomic E-state index is 11.4. The highest BCUT2D eigenvalue weighted by molar-refractivity contribution is 6.00. The van der Waals surface area contributed by atoms with Crippen molar-refractivity contribution in [3.8, 4) is 6.07 Å². The van der Waals surface area contributed by atoms with Crippen LogP contribution in [0.4, 0.5) is 5.69 Å². The molecule has 0 aliphatic carbocycles. The van der Waals surface area contributed by atoms with Gasteiger partial charge in [-0.25, -0.2) is 4.79 Å². The highest BCUT2D eigenvalue weighted by Gasteiger charge is 2.10. The summed E-state index contributed by atoms with van der Waals surface area (Å²) in [5, 5.41) is 11.6. The molecule has 0 aliphatic rings. The summed E-state index contributed by atoms with van der Waals surface area (Å²) in [4.78, 5) is 22.8. The number of anilines is 1. The van der Waals surface area contributed by atoms with Crippen molar-refractivity contribution in [3.63, 3.8) is 0 Å². The van der Waals surface area contributed by atoms with Crippen LogP contribution in [-0.4, -0.2) is 18.4 Å². The molecule has 5 heteroatoms. The number of nitriles is 1. The maximum atomic E-state index is 11.4. The summed E-state index contributed by atoms with van der Waals surface area (Å²) in [6, 6.07) is 8.58. The average molecular weight is 258 g/mol. The third-order valence-electron chi connectivity index (χ3n) is 2.29. The fraction of sp³-hybridized carbons (Fsp3) is 0.214. The summed E-state index contributed by atoms with van der Waals surface area (Å²) in [7, 11) is 0. The molecule has 0 saturated heterocycles. The van der Waals surface area contributed by atoms with Crippen LogP contribution in [0.2, 0.25) is 0 Å². The number of para-hydroxylation sites is 1. The van der Waals surface area contributed by atoms with Crippen LogP contribution in [0.3, 0.4) is 0 Å². The summed E-state index contributed by atoms with van der Waals surface area (Å²) in [5.41, 5.74) is 0.868. The van der Waals surface area contributed by atoms with Gasteiger partial charge in [-0.1, -0.05) is 12.1 Å². The summed E-state index contributed by atoms with van der Waals surface area (Å²) in [6.45, 7) is 3.30. The molecule has 1 N–H and O–H groups in total. The summed E-state index contributed by atoms with van der Waals surface area (Å²) in [5.74, 6) is -0.802. The monoisotopic (exact) mass is 258 g/mol. The number of benzene rings is 1. The summed E-state index contributed by atoms with van der Waals surface area (Å²) >= 11 is 0. The fourth-order valence-electron chi connectivity index (χ4n) is 1.41. The number of carbonyl (C=O) groups excluding carboxylic acids is 2. The van der Waals surface area contributed by atoms with Crippen LogP contribution >= 0.6 is 0 Å². The molecule has 0 saturated carbocycles. The van der Waals surface area contributed by atoms with Gasteiger partial charge in [0.1, 0.15) is 6.07 Å². The molecular formula is C14H14N2O3. The van der Waals surface area contributed by atoms with Gasteiger partial charge in [0.15, 0.2) is 11.4 Å². The van der Waals surface area contributed by atoms with Crippen molar-refractivity contribution in [3.05, 3.63) is 41.6 Å². The Morgan fingerprint density at radius 2 is 2.11 bits per heavy atom. The number of esters is 1. The average Bonchev–Trinajstić information content (AvgIpc) is 2.40. The fourth-order valence-corrected chi connectivity index (χ4v) is 1.41. The van der Waals surface area contributed by atoms with E-state index >= 15 is 0 Å². The van der Waals surface area contributed by atoms with Crippen molar-refractivity contribution in [1.82, 2.24) is 0 Å². The van der Waals surface area contributed by atoms with E-state index in [2.05, 4.69) is 5.32 Å². The summed E-state index contributed by atoms with van der Waals surface area (Å²) < 4.78 is 4.72. The van der Waals surface area contributed by atoms with Gasteiger partial charge < -0.3 is 10.1 Å². The van der Waals surface area contributed by atoms with Crippen LogP contribution in [0.25, 0.3) is 0 Å². The molecule has 1 aromatic carbocycles. The second-order valence-electron chi connectivity index (χ2n) is 3.64. The smallest absolute Gasteiger partial charge is 0.350 e. The van der Waals surface area contributed by atoms with Gasteiger partial charge in [0, 0.05) is 17.5 Å². The summed E-state index contributed by atoms with van der Waals surface area (Å²) in [6.07, 6.45) is 1.24. The second kappa shape index (κ2) is 6.97. The Labute approximate surface area is 111 Å². The number of hydrogen-bond acceptors (Lipinski definition) is 5. The topological polar surface area (TPSA) is 79.2 Å². The SMILES string of the molecule is CCOC(=O)/C(C#N)=C/Nc1ccccc1C(C)=O. The molecule has 0 aromatic heterocycles. The minimum atomic E-state index is -0.696. The van der Waals surface area contributed by atoms with Crippen molar-refractivity contribution in [1.29, 1.82) is 5.26 Å². The molecule has 0 radical (unpaired) electrons. The number of nitrogens with zero attached hydrogens (tertiary/aromatic N) is 1. The number of Topliss-reactive ketones (excluding diaryl/α,β-unsaturated/α-hetero) is 1. The maximum Gasteiger partial charge on any atom is 0.350 e. The Morgan fingerprint density at radius 1 is 1.42 bits per heavy atom. The third kappa shape index (κ3) is 3.96. The Bertz CT molecular complexity index is 556. The minimum absolute atomic E-state index is 0.105. The Balaban J connectivity index is 2.94. The van der Waals surface area contributed by atoms with Crippen molar-refractivity contribution in [2.24, 2.45) is 0 Å². The first-order chi connectivity index (χ1) is 9.10. The largest absolute Gasteiger partial charge is 0.462 e. The van der Waals surface area contributed by atoms with Gasteiger partial charge in [-0.05, 0) is 26.0 Å². The van der Waals surface area contributed by atoms with Crippen LogP contribution in [0.1, 0.15) is 24.2 Å². The van der Waals surface area contributed by atoms with E-state index in [1.54, 1.807) is 37.3 Å². The van der Waals surface area contributed by atoms with E-state index in [4.69, 9.17) is 10.00 Å². The first kappa shape index (κ1) is 14.5. The highest BCUT2D eigenvalue weighted by atomic mass is 16.5. The van der Waals surface area contributed by atoms with Gasteiger partial charge >= 0.3 is 5.97 Å². The van der Waals surface area contributed by atoms with Crippen molar-refractivity contribution >= 4 is 17.4 Å². The van der Waals surface area contributed by atoms with Crippen molar-refractivity contribution in [2.45, 2.75) is 13.8 Å². The van der Waals surface area contributed by atoms with Crippen LogP contribution in [0.15, 0.2) is 36.0 Å². The number of rotatable bonds is 5. The molecule has 0 heterocycles. The number of carbonyl (C=O) groups is 2. The van der Waals surface area contributed by atoms with Gasteiger partial charge in [-0.2, -0.15) is 5.26 Å². The lowest BCUT2D eigenvalue weighted by Crippen LogP contribution is -2.08. The zero-order valence-corrected chi connectivity index (χ0v) is 10.8. The third-order valence-corrected chi connectivity index (χ3v) is 2.29. The Morgan fingerprint density at radius 3 is 2.68 bits per heavy atom. The lowest BCUT2D eigenvalue weighted by molar-refractivity contribution is -0.138. The standard InChI is InChI=1S/C14H14N2O3/c1-3-19-14(18)11(8-15)9-16-13-7-5-4-6-12(13)10(2)17/h4-7,9,16H,3H2,1-2H3/b11-9+. The van der Waals surface area contributed by atoms with Crippen LogP contribution in [0, 0.1) is 11.3 Å². The number of ether oxygens (including phenoxy) is 1. The van der Waals surface area contributed by atoms with Crippen LogP contribution in [-0.2, 0) is 9.53 Å². The molecule has 5 nitrogen and oxygen atoms in total. The number of ketones is 1. The molecule has 0 bridgehead atoms. The van der Waals surface area contributed by atoms with Gasteiger partial charge in [0.25, 0.3) is 0 Å². The lowest BCUT2D eigenvalue weighted by atomic mass is 10.1. The van der Waals surface area contributed by atoms with Gasteiger partial charge in [0.05, 0.1) is 6.61 Å². The molecule has 0 unspecified atom stereocenters. The molecular weight excluding hydrogens is 244 g/mol. The molecule has 0 fully saturated rings. The second-order valence-corrected chi connectivity index (χ2v) is 3.64. The van der Waals surface area contributed by atoms with Crippen LogP contribution in [0.5, 0.6) is 0 Å². The first-order valence-electron chi connectivity index (χ1n) is 5.74. The first-order valence-corrected chi connectivity index (χ1v) is 5.74. The molecule has 0 spiro atoms. The van der Waals surface area contributed by atoms with E-state index in [-0.39, 0.29) is 18.0 Å². The van der Waals surface area contributed by atoms with E-state index < -0.39 is 5.97 Å². The zero-order valence-electron chi connectivity index (χ0n) is 10.8. The van der Waals surface area contributed by atoms with Crippen molar-refractivity contribution in [2.75, 3.05) is 11.9 Å². The molecule has 0 atom stereocenters. The number of hydrogen-bond donors (Lipinski definition) is 1. The van der Waals surface area contributed by atoms with E-state index in [0.29, 0.717) is 11.3 Å². The van der Waals surface area contributed by atoms with E-state index in [9.17, 15) is 9.59 Å². The van der Waals surface area contributed by atoms with Gasteiger partial charge in [-0.15, -0.1) is 0 Å². The van der Waals surface area contributed by atoms with Gasteiger partial charge in [-0.3, -0.25) is 4.79 Å². The quantitative estimate of drug-likeness (QED) is 0.379. The Hall–Kier alpha value is -2.61. The molecule has 19 heavy (non-hydrogen) atoms. The van der Waals surface area contributed by atoms with Gasteiger partial charge in [0.2, 0.25) is 0 Å². The minimum Gasteiger partial charge on any atom is -0.462 e. The molecule has 0 aliphatic heterocycles. The Kier molecular flexibility index (Phi) is 5.30. The van der Waals surface area contributed by atoms with E-state index in [0.717, 1.165) is 0 Å². The van der Waals surface area contributed by atoms with E-state index in [1.807, 2.05) is 0 Å². The van der Waals surface area contributed by atoms with Crippen molar-refractivity contribution < 1.29 is 14.3 Å². The molecule has 0 amide bonds.